The maximum absolute atomic E-state index is 11.9. The lowest BCUT2D eigenvalue weighted by Crippen LogP contribution is -2.45. The molecule has 1 rings (SSSR count). The molecule has 1 aliphatic rings. The highest BCUT2D eigenvalue weighted by Crippen LogP contribution is 2.17. The molecule has 1 unspecified atom stereocenters. The molecular weight excluding hydrogens is 267 g/mol. The summed E-state index contributed by atoms with van der Waals surface area (Å²) < 4.78 is 39.9. The van der Waals surface area contributed by atoms with Gasteiger partial charge in [-0.15, -0.1) is 0 Å². The number of oxime groups is 1. The predicted octanol–water partition coefficient (Wildman–Crippen LogP) is 0.550. The summed E-state index contributed by atoms with van der Waals surface area (Å²) in [6.07, 6.45) is -3.13. The van der Waals surface area contributed by atoms with E-state index < -0.39 is 25.3 Å². The molecule has 1 aliphatic heterocycles. The first-order chi connectivity index (χ1) is 8.83. The first-order valence-corrected chi connectivity index (χ1v) is 5.73. The van der Waals surface area contributed by atoms with Gasteiger partial charge in [-0.25, -0.2) is 0 Å². The molecule has 6 nitrogen and oxygen atoms in total. The Balaban J connectivity index is 2.40. The van der Waals surface area contributed by atoms with Crippen LogP contribution in [0.5, 0.6) is 0 Å². The smallest absolute Gasteiger partial charge is 0.409 e. The van der Waals surface area contributed by atoms with Crippen LogP contribution in [0.4, 0.5) is 13.2 Å². The molecule has 0 aromatic heterocycles. The second-order valence-electron chi connectivity index (χ2n) is 4.31. The van der Waals surface area contributed by atoms with Crippen LogP contribution in [0, 0.1) is 5.92 Å². The third kappa shape index (κ3) is 5.33. The van der Waals surface area contributed by atoms with Gasteiger partial charge in [-0.2, -0.15) is 13.2 Å². The second-order valence-corrected chi connectivity index (χ2v) is 4.31. The Morgan fingerprint density at radius 1 is 1.53 bits per heavy atom. The van der Waals surface area contributed by atoms with Crippen LogP contribution in [0.1, 0.15) is 12.8 Å². The number of amides is 1. The molecule has 9 heteroatoms. The van der Waals surface area contributed by atoms with Gasteiger partial charge in [0.25, 0.3) is 0 Å². The highest BCUT2D eigenvalue weighted by molar-refractivity contribution is 5.84. The van der Waals surface area contributed by atoms with Crippen LogP contribution in [0.2, 0.25) is 0 Å². The zero-order chi connectivity index (χ0) is 14.5. The van der Waals surface area contributed by atoms with E-state index in [2.05, 4.69) is 9.89 Å². The number of nitrogens with zero attached hydrogens (tertiary/aromatic N) is 2. The van der Waals surface area contributed by atoms with Gasteiger partial charge in [0.15, 0.2) is 0 Å². The quantitative estimate of drug-likeness (QED) is 0.341. The van der Waals surface area contributed by atoms with E-state index in [0.717, 1.165) is 0 Å². The van der Waals surface area contributed by atoms with Crippen LogP contribution < -0.4 is 5.73 Å². The number of carbonyl (C=O) groups excluding carboxylic acids is 1. The number of alkyl halides is 3. The van der Waals surface area contributed by atoms with E-state index in [1.807, 2.05) is 0 Å². The van der Waals surface area contributed by atoms with E-state index in [-0.39, 0.29) is 18.3 Å². The van der Waals surface area contributed by atoms with Gasteiger partial charge in [-0.3, -0.25) is 4.79 Å². The largest absolute Gasteiger partial charge is 0.411 e. The molecule has 1 heterocycles. The fraction of sp³-hybridized carbons (Fsp3) is 0.800. The van der Waals surface area contributed by atoms with Gasteiger partial charge >= 0.3 is 6.18 Å². The molecule has 0 radical (unpaired) electrons. The van der Waals surface area contributed by atoms with Crippen molar-refractivity contribution in [1.29, 1.82) is 0 Å². The second kappa shape index (κ2) is 6.60. The van der Waals surface area contributed by atoms with E-state index in [1.54, 1.807) is 0 Å². The standard InChI is InChI=1S/C10H16F3N3O3/c11-10(12,13)6-19-5-8(17)16-3-1-2-7(4-16)9(14)15-18/h7,18H,1-6H2,(H2,14,15). The van der Waals surface area contributed by atoms with Crippen molar-refractivity contribution < 1.29 is 27.9 Å². The highest BCUT2D eigenvalue weighted by atomic mass is 19.4. The van der Waals surface area contributed by atoms with Crippen LogP contribution in [0.15, 0.2) is 5.16 Å². The minimum Gasteiger partial charge on any atom is -0.409 e. The first-order valence-electron chi connectivity index (χ1n) is 5.73. The summed E-state index contributed by atoms with van der Waals surface area (Å²) in [7, 11) is 0. The van der Waals surface area contributed by atoms with E-state index in [0.29, 0.717) is 19.4 Å². The maximum Gasteiger partial charge on any atom is 0.411 e. The van der Waals surface area contributed by atoms with Crippen molar-refractivity contribution in [2.45, 2.75) is 19.0 Å². The van der Waals surface area contributed by atoms with Crippen LogP contribution >= 0.6 is 0 Å². The fourth-order valence-corrected chi connectivity index (χ4v) is 1.87. The number of halogens is 3. The molecule has 110 valence electrons. The number of hydrogen-bond donors (Lipinski definition) is 2. The molecular formula is C10H16F3N3O3. The van der Waals surface area contributed by atoms with Crippen molar-refractivity contribution in [3.05, 3.63) is 0 Å². The Kier molecular flexibility index (Phi) is 5.40. The van der Waals surface area contributed by atoms with Gasteiger partial charge in [0.1, 0.15) is 19.0 Å². The Morgan fingerprint density at radius 3 is 2.79 bits per heavy atom. The van der Waals surface area contributed by atoms with Crippen LogP contribution in [-0.2, 0) is 9.53 Å². The zero-order valence-electron chi connectivity index (χ0n) is 10.2. The van der Waals surface area contributed by atoms with Crippen molar-refractivity contribution in [2.75, 3.05) is 26.3 Å². The molecule has 0 bridgehead atoms. The first kappa shape index (κ1) is 15.5. The van der Waals surface area contributed by atoms with Crippen LogP contribution in [0.25, 0.3) is 0 Å². The molecule has 19 heavy (non-hydrogen) atoms. The summed E-state index contributed by atoms with van der Waals surface area (Å²) >= 11 is 0. The average molecular weight is 283 g/mol. The number of rotatable bonds is 4. The van der Waals surface area contributed by atoms with Crippen molar-refractivity contribution in [3.8, 4) is 0 Å². The SMILES string of the molecule is NC(=NO)C1CCCN(C(=O)COCC(F)(F)F)C1. The topological polar surface area (TPSA) is 88.2 Å². The van der Waals surface area contributed by atoms with Crippen LogP contribution in [-0.4, -0.2) is 54.3 Å². The van der Waals surface area contributed by atoms with Crippen LogP contribution in [0.3, 0.4) is 0 Å². The predicted molar refractivity (Wildman–Crippen MR) is 59.6 cm³/mol. The van der Waals surface area contributed by atoms with Gasteiger partial charge in [0.05, 0.1) is 0 Å². The Morgan fingerprint density at radius 2 is 2.21 bits per heavy atom. The number of hydrogen-bond acceptors (Lipinski definition) is 4. The average Bonchev–Trinajstić information content (AvgIpc) is 2.36. The summed E-state index contributed by atoms with van der Waals surface area (Å²) in [4.78, 5) is 13.0. The normalized spacial score (nSPS) is 21.5. The summed E-state index contributed by atoms with van der Waals surface area (Å²) in [5.41, 5.74) is 5.45. The number of nitrogens with two attached hydrogens (primary N) is 1. The molecule has 1 saturated heterocycles. The fourth-order valence-electron chi connectivity index (χ4n) is 1.87. The monoisotopic (exact) mass is 283 g/mol. The maximum atomic E-state index is 11.9. The van der Waals surface area contributed by atoms with Gasteiger partial charge < -0.3 is 20.6 Å². The molecule has 0 aliphatic carbocycles. The number of likely N-dealkylation sites (tertiary alicyclic amines) is 1. The molecule has 1 amide bonds. The lowest BCUT2D eigenvalue weighted by Gasteiger charge is -2.32. The minimum absolute atomic E-state index is 0.0220. The Bertz CT molecular complexity index is 347. The van der Waals surface area contributed by atoms with Gasteiger partial charge in [-0.05, 0) is 12.8 Å². The third-order valence-electron chi connectivity index (χ3n) is 2.80. The van der Waals surface area contributed by atoms with E-state index in [9.17, 15) is 18.0 Å². The Labute approximate surface area is 108 Å². The molecule has 0 aromatic carbocycles. The van der Waals surface area contributed by atoms with Crippen molar-refractivity contribution in [3.63, 3.8) is 0 Å². The zero-order valence-corrected chi connectivity index (χ0v) is 10.2. The number of ether oxygens (including phenoxy) is 1. The molecule has 1 fully saturated rings. The van der Waals surface area contributed by atoms with Gasteiger partial charge in [0, 0.05) is 19.0 Å². The van der Waals surface area contributed by atoms with E-state index in [1.165, 1.54) is 4.90 Å². The van der Waals surface area contributed by atoms with Gasteiger partial charge in [-0.1, -0.05) is 5.16 Å². The van der Waals surface area contributed by atoms with E-state index >= 15 is 0 Å². The van der Waals surface area contributed by atoms with Gasteiger partial charge in [0.2, 0.25) is 5.91 Å². The lowest BCUT2D eigenvalue weighted by atomic mass is 9.97. The summed E-state index contributed by atoms with van der Waals surface area (Å²) in [5.74, 6) is -0.779. The highest BCUT2D eigenvalue weighted by Gasteiger charge is 2.30. The number of carbonyl (C=O) groups is 1. The summed E-state index contributed by atoms with van der Waals surface area (Å²) in [6, 6.07) is 0. The lowest BCUT2D eigenvalue weighted by molar-refractivity contribution is -0.178. The Hall–Kier alpha value is -1.51. The third-order valence-corrected chi connectivity index (χ3v) is 2.80. The van der Waals surface area contributed by atoms with Crippen molar-refractivity contribution in [2.24, 2.45) is 16.8 Å². The van der Waals surface area contributed by atoms with Crippen molar-refractivity contribution in [1.82, 2.24) is 4.90 Å². The molecule has 0 spiro atoms. The number of amidine groups is 1. The summed E-state index contributed by atoms with van der Waals surface area (Å²) in [5, 5.41) is 11.4. The molecule has 1 atom stereocenters. The van der Waals surface area contributed by atoms with Crippen molar-refractivity contribution >= 4 is 11.7 Å². The number of piperidine rings is 1. The molecule has 0 saturated carbocycles. The summed E-state index contributed by atoms with van der Waals surface area (Å²) in [6.45, 7) is -1.41. The molecule has 0 aromatic rings. The van der Waals surface area contributed by atoms with E-state index in [4.69, 9.17) is 10.9 Å². The minimum atomic E-state index is -4.45. The molecule has 3 N–H and O–H groups in total.